The molecule has 0 saturated carbocycles. The summed E-state index contributed by atoms with van der Waals surface area (Å²) < 4.78 is 11.4. The normalized spacial score (nSPS) is 26.9. The highest BCUT2D eigenvalue weighted by Crippen LogP contribution is 2.11. The molecule has 2 rings (SSSR count). The molecule has 1 aliphatic rings. The van der Waals surface area contributed by atoms with E-state index in [1.54, 1.807) is 12.1 Å². The van der Waals surface area contributed by atoms with Crippen LogP contribution in [0.3, 0.4) is 0 Å². The summed E-state index contributed by atoms with van der Waals surface area (Å²) >= 11 is 0. The Hall–Kier alpha value is -1.39. The molecule has 1 heterocycles. The standard InChI is InChI=1S/C15H21NO3/c1-12-9-16(10-13(2)19-12)6-7-18-15-5-3-4-14(8-15)11-17/h3-5,8,11-13H,6-7,9-10H2,1-2H3/p+1/t12-,13-/m0/s1. The van der Waals surface area contributed by atoms with Crippen LogP contribution in [-0.4, -0.2) is 44.7 Å². The Morgan fingerprint density at radius 1 is 1.37 bits per heavy atom. The van der Waals surface area contributed by atoms with Crippen LogP contribution in [0.15, 0.2) is 24.3 Å². The first-order chi connectivity index (χ1) is 9.17. The maximum Gasteiger partial charge on any atom is 0.150 e. The van der Waals surface area contributed by atoms with Crippen LogP contribution in [-0.2, 0) is 4.74 Å². The van der Waals surface area contributed by atoms with Gasteiger partial charge in [0.2, 0.25) is 0 Å². The number of aldehydes is 1. The van der Waals surface area contributed by atoms with E-state index in [9.17, 15) is 4.79 Å². The van der Waals surface area contributed by atoms with Crippen molar-refractivity contribution >= 4 is 6.29 Å². The number of hydrogen-bond donors (Lipinski definition) is 1. The van der Waals surface area contributed by atoms with E-state index >= 15 is 0 Å². The van der Waals surface area contributed by atoms with E-state index in [4.69, 9.17) is 9.47 Å². The minimum Gasteiger partial charge on any atom is -0.488 e. The number of ether oxygens (including phenoxy) is 2. The van der Waals surface area contributed by atoms with Crippen molar-refractivity contribution in [3.8, 4) is 5.75 Å². The molecule has 0 bridgehead atoms. The van der Waals surface area contributed by atoms with Gasteiger partial charge in [-0.3, -0.25) is 4.79 Å². The van der Waals surface area contributed by atoms with Gasteiger partial charge in [-0.2, -0.15) is 0 Å². The molecule has 1 aliphatic heterocycles. The summed E-state index contributed by atoms with van der Waals surface area (Å²) in [6, 6.07) is 7.26. The number of rotatable bonds is 5. The van der Waals surface area contributed by atoms with Gasteiger partial charge in [-0.05, 0) is 26.0 Å². The van der Waals surface area contributed by atoms with E-state index < -0.39 is 0 Å². The molecule has 0 radical (unpaired) electrons. The number of morpholine rings is 1. The highest BCUT2D eigenvalue weighted by molar-refractivity contribution is 5.75. The number of quaternary nitrogens is 1. The van der Waals surface area contributed by atoms with Gasteiger partial charge in [0.1, 0.15) is 50.5 Å². The molecular formula is C15H22NO3+. The molecule has 1 aromatic carbocycles. The van der Waals surface area contributed by atoms with Crippen LogP contribution in [0.25, 0.3) is 0 Å². The lowest BCUT2D eigenvalue weighted by Gasteiger charge is -2.32. The lowest BCUT2D eigenvalue weighted by Crippen LogP contribution is -3.16. The van der Waals surface area contributed by atoms with Gasteiger partial charge in [0.05, 0.1) is 0 Å². The van der Waals surface area contributed by atoms with Crippen molar-refractivity contribution in [1.29, 1.82) is 0 Å². The Kier molecular flexibility index (Phi) is 4.93. The van der Waals surface area contributed by atoms with Crippen molar-refractivity contribution in [2.75, 3.05) is 26.2 Å². The molecule has 0 unspecified atom stereocenters. The molecule has 1 fully saturated rings. The summed E-state index contributed by atoms with van der Waals surface area (Å²) in [6.45, 7) is 7.92. The molecule has 0 spiro atoms. The molecular weight excluding hydrogens is 242 g/mol. The lowest BCUT2D eigenvalue weighted by atomic mass is 10.2. The Labute approximate surface area is 114 Å². The van der Waals surface area contributed by atoms with Gasteiger partial charge in [-0.25, -0.2) is 0 Å². The third-order valence-corrected chi connectivity index (χ3v) is 3.34. The van der Waals surface area contributed by atoms with E-state index in [1.807, 2.05) is 12.1 Å². The summed E-state index contributed by atoms with van der Waals surface area (Å²) in [5.41, 5.74) is 0.651. The second-order valence-electron chi connectivity index (χ2n) is 5.20. The van der Waals surface area contributed by atoms with Crippen LogP contribution in [0.5, 0.6) is 5.75 Å². The van der Waals surface area contributed by atoms with Gasteiger partial charge >= 0.3 is 0 Å². The molecule has 1 N–H and O–H groups in total. The van der Waals surface area contributed by atoms with Crippen molar-refractivity contribution in [1.82, 2.24) is 0 Å². The van der Waals surface area contributed by atoms with E-state index in [0.29, 0.717) is 24.4 Å². The molecule has 4 nitrogen and oxygen atoms in total. The summed E-state index contributed by atoms with van der Waals surface area (Å²) in [5.74, 6) is 0.762. The van der Waals surface area contributed by atoms with Crippen molar-refractivity contribution in [3.63, 3.8) is 0 Å². The topological polar surface area (TPSA) is 40.0 Å². The Morgan fingerprint density at radius 2 is 2.11 bits per heavy atom. The van der Waals surface area contributed by atoms with Gasteiger partial charge < -0.3 is 14.4 Å². The Morgan fingerprint density at radius 3 is 2.79 bits per heavy atom. The number of nitrogens with one attached hydrogen (secondary N) is 1. The predicted octanol–water partition coefficient (Wildman–Crippen LogP) is 0.570. The molecule has 19 heavy (non-hydrogen) atoms. The van der Waals surface area contributed by atoms with E-state index in [-0.39, 0.29) is 0 Å². The van der Waals surface area contributed by atoms with E-state index in [0.717, 1.165) is 31.7 Å². The van der Waals surface area contributed by atoms with Gasteiger partial charge in [0.25, 0.3) is 0 Å². The average Bonchev–Trinajstić information content (AvgIpc) is 2.38. The number of benzene rings is 1. The van der Waals surface area contributed by atoms with Crippen molar-refractivity contribution in [2.45, 2.75) is 26.1 Å². The molecule has 104 valence electrons. The maximum atomic E-state index is 10.7. The third-order valence-electron chi connectivity index (χ3n) is 3.34. The van der Waals surface area contributed by atoms with Crippen LogP contribution in [0.2, 0.25) is 0 Å². The van der Waals surface area contributed by atoms with Gasteiger partial charge in [-0.1, -0.05) is 12.1 Å². The monoisotopic (exact) mass is 264 g/mol. The Balaban J connectivity index is 1.78. The smallest absolute Gasteiger partial charge is 0.150 e. The molecule has 1 saturated heterocycles. The molecule has 0 aromatic heterocycles. The highest BCUT2D eigenvalue weighted by atomic mass is 16.5. The first-order valence-electron chi connectivity index (χ1n) is 6.84. The second-order valence-corrected chi connectivity index (χ2v) is 5.20. The molecule has 0 aliphatic carbocycles. The molecule has 4 heteroatoms. The molecule has 1 aromatic rings. The van der Waals surface area contributed by atoms with Crippen molar-refractivity contribution in [2.24, 2.45) is 0 Å². The number of carbonyl (C=O) groups is 1. The van der Waals surface area contributed by atoms with Gasteiger partial charge in [0, 0.05) is 5.56 Å². The average molecular weight is 264 g/mol. The zero-order valence-corrected chi connectivity index (χ0v) is 11.6. The second kappa shape index (κ2) is 6.68. The minimum atomic E-state index is 0.317. The maximum absolute atomic E-state index is 10.7. The van der Waals surface area contributed by atoms with Crippen molar-refractivity contribution < 1.29 is 19.2 Å². The van der Waals surface area contributed by atoms with Crippen LogP contribution in [0, 0.1) is 0 Å². The first kappa shape index (κ1) is 14.0. The van der Waals surface area contributed by atoms with Gasteiger partial charge in [0.15, 0.2) is 0 Å². The number of hydrogen-bond acceptors (Lipinski definition) is 3. The first-order valence-corrected chi connectivity index (χ1v) is 6.84. The van der Waals surface area contributed by atoms with Crippen LogP contribution in [0.1, 0.15) is 24.2 Å². The predicted molar refractivity (Wildman–Crippen MR) is 72.9 cm³/mol. The SMILES string of the molecule is C[C@H]1C[NH+](CCOc2cccc(C=O)c2)C[C@H](C)O1. The molecule has 2 atom stereocenters. The summed E-state index contributed by atoms with van der Waals surface area (Å²) in [5, 5.41) is 0. The zero-order valence-electron chi connectivity index (χ0n) is 11.6. The zero-order chi connectivity index (χ0) is 13.7. The lowest BCUT2D eigenvalue weighted by molar-refractivity contribution is -0.915. The largest absolute Gasteiger partial charge is 0.488 e. The summed E-state index contributed by atoms with van der Waals surface area (Å²) in [4.78, 5) is 12.2. The third kappa shape index (κ3) is 4.33. The fourth-order valence-corrected chi connectivity index (χ4v) is 2.58. The van der Waals surface area contributed by atoms with Crippen LogP contribution in [0.4, 0.5) is 0 Å². The van der Waals surface area contributed by atoms with Crippen LogP contribution < -0.4 is 9.64 Å². The van der Waals surface area contributed by atoms with E-state index in [1.165, 1.54) is 4.90 Å². The van der Waals surface area contributed by atoms with Gasteiger partial charge in [-0.15, -0.1) is 0 Å². The molecule has 0 amide bonds. The fraction of sp³-hybridized carbons (Fsp3) is 0.533. The Bertz CT molecular complexity index is 412. The van der Waals surface area contributed by atoms with E-state index in [2.05, 4.69) is 13.8 Å². The number of carbonyl (C=O) groups excluding carboxylic acids is 1. The quantitative estimate of drug-likeness (QED) is 0.790. The summed E-state index contributed by atoms with van der Waals surface area (Å²) in [6.07, 6.45) is 1.47. The minimum absolute atomic E-state index is 0.317. The van der Waals surface area contributed by atoms with Crippen molar-refractivity contribution in [3.05, 3.63) is 29.8 Å². The fourth-order valence-electron chi connectivity index (χ4n) is 2.58. The highest BCUT2D eigenvalue weighted by Gasteiger charge is 2.25. The summed E-state index contributed by atoms with van der Waals surface area (Å²) in [7, 11) is 0. The van der Waals surface area contributed by atoms with Crippen LogP contribution >= 0.6 is 0 Å².